The molecule has 0 aliphatic rings. The summed E-state index contributed by atoms with van der Waals surface area (Å²) >= 11 is 0. The molecule has 0 spiro atoms. The van der Waals surface area contributed by atoms with Gasteiger partial charge in [0.2, 0.25) is 10.0 Å². The number of benzene rings is 2. The van der Waals surface area contributed by atoms with Gasteiger partial charge in [0.05, 0.1) is 28.2 Å². The zero-order chi connectivity index (χ0) is 27.6. The molecule has 0 unspecified atom stereocenters. The van der Waals surface area contributed by atoms with Gasteiger partial charge in [-0.2, -0.15) is 26.3 Å². The van der Waals surface area contributed by atoms with Gasteiger partial charge in [0.25, 0.3) is 5.91 Å². The molecular weight excluding hydrogens is 532 g/mol. The number of alkyl halides is 6. The fraction of sp³-hybridized carbons (Fsp3) is 0.190. The first-order valence-electron chi connectivity index (χ1n) is 10.1. The van der Waals surface area contributed by atoms with Gasteiger partial charge in [0.15, 0.2) is 5.82 Å². The lowest BCUT2D eigenvalue weighted by Gasteiger charge is -2.13. The van der Waals surface area contributed by atoms with Crippen LogP contribution < -0.4 is 10.5 Å². The van der Waals surface area contributed by atoms with E-state index < -0.39 is 57.4 Å². The molecule has 198 valence electrons. The summed E-state index contributed by atoms with van der Waals surface area (Å²) < 4.78 is 106. The number of amides is 1. The number of halogens is 6. The molecule has 0 aliphatic heterocycles. The first-order chi connectivity index (χ1) is 17.1. The van der Waals surface area contributed by atoms with Crippen molar-refractivity contribution < 1.29 is 44.7 Å². The molecule has 0 bridgehead atoms. The number of aliphatic hydroxyl groups is 1. The number of carbonyl (C=O) groups excluding carboxylic acids is 1. The van der Waals surface area contributed by atoms with Gasteiger partial charge in [-0.1, -0.05) is 12.1 Å². The first-order valence-corrected chi connectivity index (χ1v) is 11.5. The number of nitrogens with one attached hydrogen (secondary N) is 1. The molecule has 0 saturated carbocycles. The second-order valence-corrected chi connectivity index (χ2v) is 9.17. The van der Waals surface area contributed by atoms with E-state index in [2.05, 4.69) is 14.8 Å². The predicted molar refractivity (Wildman–Crippen MR) is 118 cm³/mol. The molecule has 0 aliphatic carbocycles. The lowest BCUT2D eigenvalue weighted by molar-refractivity contribution is -0.143. The molecule has 4 N–H and O–H groups in total. The van der Waals surface area contributed by atoms with Crippen molar-refractivity contribution in [3.63, 3.8) is 0 Å². The number of primary amides is 1. The number of aliphatic hydroxyl groups excluding tert-OH is 1. The topological polar surface area (TPSA) is 140 Å². The van der Waals surface area contributed by atoms with Crippen LogP contribution in [0.15, 0.2) is 53.7 Å². The zero-order valence-corrected chi connectivity index (χ0v) is 19.2. The Kier molecular flexibility index (Phi) is 7.75. The smallest absolute Gasteiger partial charge is 0.395 e. The van der Waals surface area contributed by atoms with E-state index >= 15 is 0 Å². The van der Waals surface area contributed by atoms with Crippen LogP contribution in [0.3, 0.4) is 0 Å². The Balaban J connectivity index is 2.04. The van der Waals surface area contributed by atoms with Crippen LogP contribution in [0.4, 0.5) is 26.3 Å². The number of sulfonamides is 1. The molecule has 1 amide bonds. The summed E-state index contributed by atoms with van der Waals surface area (Å²) in [4.78, 5) is 15.5. The second-order valence-electron chi connectivity index (χ2n) is 7.40. The van der Waals surface area contributed by atoms with Gasteiger partial charge in [-0.15, -0.1) is 5.10 Å². The third kappa shape index (κ3) is 6.72. The molecule has 0 radical (unpaired) electrons. The molecule has 1 aromatic heterocycles. The quantitative estimate of drug-likeness (QED) is 0.292. The predicted octanol–water partition coefficient (Wildman–Crippen LogP) is 2.74. The largest absolute Gasteiger partial charge is 0.416 e. The van der Waals surface area contributed by atoms with Gasteiger partial charge < -0.3 is 10.8 Å². The van der Waals surface area contributed by atoms with E-state index in [1.165, 1.54) is 18.2 Å². The normalized spacial score (nSPS) is 13.1. The molecule has 2 aromatic carbocycles. The number of rotatable bonds is 8. The van der Waals surface area contributed by atoms with Crippen molar-refractivity contribution in [2.75, 3.05) is 13.2 Å². The molecular formula is C21H17F6N5O4S. The molecule has 1 heterocycles. The summed E-state index contributed by atoms with van der Waals surface area (Å²) in [5, 5.41) is 12.6. The first kappa shape index (κ1) is 27.8. The number of nitrogens with zero attached hydrogens (tertiary/aromatic N) is 3. The van der Waals surface area contributed by atoms with Crippen LogP contribution in [-0.4, -0.2) is 47.3 Å². The number of aromatic nitrogens is 3. The molecule has 0 fully saturated rings. The molecule has 37 heavy (non-hydrogen) atoms. The zero-order valence-electron chi connectivity index (χ0n) is 18.4. The van der Waals surface area contributed by atoms with E-state index in [1.807, 2.05) is 0 Å². The Labute approximate surface area is 205 Å². The highest BCUT2D eigenvalue weighted by Crippen LogP contribution is 2.38. The van der Waals surface area contributed by atoms with Crippen LogP contribution in [0.1, 0.15) is 16.7 Å². The summed E-state index contributed by atoms with van der Waals surface area (Å²) in [6, 6.07) is 5.79. The monoisotopic (exact) mass is 549 g/mol. The molecule has 9 nitrogen and oxygen atoms in total. The maximum Gasteiger partial charge on any atom is 0.416 e. The number of hydrogen-bond donors (Lipinski definition) is 3. The average Bonchev–Trinajstić information content (AvgIpc) is 3.28. The molecule has 16 heteroatoms. The van der Waals surface area contributed by atoms with Crippen molar-refractivity contribution in [3.05, 3.63) is 65.5 Å². The SMILES string of the molecule is NC(=O)/C(=C/n1cnc(-c2cc(C(F)(F)F)cc(C(F)(F)F)c2)n1)c1cccc(S(=O)(=O)NCCO)c1. The lowest BCUT2D eigenvalue weighted by Crippen LogP contribution is -2.26. The van der Waals surface area contributed by atoms with Crippen LogP contribution in [0.5, 0.6) is 0 Å². The highest BCUT2D eigenvalue weighted by molar-refractivity contribution is 7.89. The van der Waals surface area contributed by atoms with Gasteiger partial charge in [0, 0.05) is 18.3 Å². The Hall–Kier alpha value is -3.76. The lowest BCUT2D eigenvalue weighted by atomic mass is 10.0. The van der Waals surface area contributed by atoms with E-state index in [4.69, 9.17) is 10.8 Å². The maximum absolute atomic E-state index is 13.2. The van der Waals surface area contributed by atoms with Crippen molar-refractivity contribution >= 4 is 27.7 Å². The van der Waals surface area contributed by atoms with Gasteiger partial charge in [-0.05, 0) is 35.9 Å². The van der Waals surface area contributed by atoms with Crippen molar-refractivity contribution in [1.29, 1.82) is 0 Å². The summed E-state index contributed by atoms with van der Waals surface area (Å²) in [6.07, 6.45) is -8.26. The number of carbonyl (C=O) groups is 1. The van der Waals surface area contributed by atoms with Crippen LogP contribution in [0.25, 0.3) is 23.2 Å². The third-order valence-corrected chi connectivity index (χ3v) is 6.20. The van der Waals surface area contributed by atoms with Gasteiger partial charge in [-0.25, -0.2) is 22.8 Å². The van der Waals surface area contributed by atoms with Gasteiger partial charge >= 0.3 is 12.4 Å². The molecule has 0 atom stereocenters. The van der Waals surface area contributed by atoms with E-state index in [0.29, 0.717) is 12.1 Å². The van der Waals surface area contributed by atoms with E-state index in [0.717, 1.165) is 23.3 Å². The van der Waals surface area contributed by atoms with Crippen molar-refractivity contribution in [2.24, 2.45) is 5.73 Å². The van der Waals surface area contributed by atoms with Gasteiger partial charge in [0.1, 0.15) is 6.33 Å². The van der Waals surface area contributed by atoms with E-state index in [-0.39, 0.29) is 28.6 Å². The minimum atomic E-state index is -5.07. The van der Waals surface area contributed by atoms with E-state index in [9.17, 15) is 39.6 Å². The van der Waals surface area contributed by atoms with Gasteiger partial charge in [-0.3, -0.25) is 4.79 Å². The van der Waals surface area contributed by atoms with Crippen LogP contribution in [0.2, 0.25) is 0 Å². The Morgan fingerprint density at radius 2 is 1.68 bits per heavy atom. The fourth-order valence-electron chi connectivity index (χ4n) is 3.06. The number of hydrogen-bond acceptors (Lipinski definition) is 6. The van der Waals surface area contributed by atoms with Crippen molar-refractivity contribution in [3.8, 4) is 11.4 Å². The third-order valence-electron chi connectivity index (χ3n) is 4.74. The highest BCUT2D eigenvalue weighted by atomic mass is 32.2. The van der Waals surface area contributed by atoms with Crippen molar-refractivity contribution in [1.82, 2.24) is 19.5 Å². The fourth-order valence-corrected chi connectivity index (χ4v) is 4.13. The molecule has 3 aromatic rings. The summed E-state index contributed by atoms with van der Waals surface area (Å²) in [5.74, 6) is -1.56. The van der Waals surface area contributed by atoms with Crippen LogP contribution >= 0.6 is 0 Å². The van der Waals surface area contributed by atoms with Crippen LogP contribution in [-0.2, 0) is 27.2 Å². The summed E-state index contributed by atoms with van der Waals surface area (Å²) in [7, 11) is -4.05. The summed E-state index contributed by atoms with van der Waals surface area (Å²) in [6.45, 7) is -0.727. The molecule has 0 saturated heterocycles. The standard InChI is InChI=1S/C21H17F6N5O4S/c22-20(23,24)14-6-13(7-15(9-14)21(25,26)27)19-29-11-32(31-19)10-17(18(28)34)12-2-1-3-16(8-12)37(35,36)30-4-5-33/h1-3,6-11,30,33H,4-5H2,(H2,28,34)/b17-10+. The van der Waals surface area contributed by atoms with Crippen molar-refractivity contribution in [2.45, 2.75) is 17.2 Å². The average molecular weight is 549 g/mol. The Bertz CT molecular complexity index is 1420. The van der Waals surface area contributed by atoms with Crippen LogP contribution in [0, 0.1) is 0 Å². The minimum Gasteiger partial charge on any atom is -0.395 e. The summed E-state index contributed by atoms with van der Waals surface area (Å²) in [5.41, 5.74) is 1.40. The molecule has 3 rings (SSSR count). The van der Waals surface area contributed by atoms with E-state index in [1.54, 1.807) is 0 Å². The maximum atomic E-state index is 13.2. The highest BCUT2D eigenvalue weighted by Gasteiger charge is 2.37. The Morgan fingerprint density at radius 3 is 2.22 bits per heavy atom. The Morgan fingerprint density at radius 1 is 1.05 bits per heavy atom. The second kappa shape index (κ2) is 10.3. The minimum absolute atomic E-state index is 0.00912. The number of nitrogens with two attached hydrogens (primary N) is 1.